The van der Waals surface area contributed by atoms with Gasteiger partial charge in [-0.2, -0.15) is 0 Å². The molecular formula is C10H8N4. The van der Waals surface area contributed by atoms with Crippen molar-refractivity contribution in [3.8, 4) is 0 Å². The molecule has 0 amide bonds. The lowest BCUT2D eigenvalue weighted by molar-refractivity contribution is 1.05. The van der Waals surface area contributed by atoms with Crippen LogP contribution < -0.4 is 10.2 Å². The maximum atomic E-state index is 4.23. The third kappa shape index (κ3) is 0.939. The van der Waals surface area contributed by atoms with Crippen LogP contribution in [0.3, 0.4) is 0 Å². The minimum Gasteiger partial charge on any atom is -0.355 e. The first-order valence-electron chi connectivity index (χ1n) is 4.36. The molecule has 3 rings (SSSR count). The first-order valence-corrected chi connectivity index (χ1v) is 4.36. The van der Waals surface area contributed by atoms with Crippen molar-refractivity contribution >= 4 is 11.5 Å². The van der Waals surface area contributed by atoms with Crippen LogP contribution >= 0.6 is 0 Å². The molecule has 0 fully saturated rings. The van der Waals surface area contributed by atoms with Gasteiger partial charge in [-0.05, 0) is 12.2 Å². The number of nitrogens with one attached hydrogen (secondary N) is 1. The minimum absolute atomic E-state index is 0.887. The van der Waals surface area contributed by atoms with Crippen LogP contribution in [-0.4, -0.2) is 9.97 Å². The molecule has 0 spiro atoms. The maximum absolute atomic E-state index is 4.23. The summed E-state index contributed by atoms with van der Waals surface area (Å²) < 4.78 is 0. The van der Waals surface area contributed by atoms with E-state index in [2.05, 4.69) is 15.3 Å². The Morgan fingerprint density at radius 1 is 1.29 bits per heavy atom. The zero-order valence-corrected chi connectivity index (χ0v) is 7.38. The standard InChI is InChI=1S/C10H8N4/c1-2-4-14-8(3-1)5-12-9-6-11-7-13-10(9)14/h1-7,12H. The fraction of sp³-hybridized carbons (Fsp3) is 0. The Hall–Kier alpha value is -2.10. The topological polar surface area (TPSA) is 41.1 Å². The van der Waals surface area contributed by atoms with Crippen molar-refractivity contribution < 1.29 is 0 Å². The van der Waals surface area contributed by atoms with E-state index in [1.165, 1.54) is 0 Å². The van der Waals surface area contributed by atoms with E-state index in [4.69, 9.17) is 0 Å². The molecule has 2 aliphatic heterocycles. The number of hydrogen-bond donors (Lipinski definition) is 1. The first kappa shape index (κ1) is 7.32. The number of anilines is 2. The van der Waals surface area contributed by atoms with E-state index < -0.39 is 0 Å². The van der Waals surface area contributed by atoms with Gasteiger partial charge in [0.2, 0.25) is 0 Å². The second-order valence-corrected chi connectivity index (χ2v) is 3.04. The van der Waals surface area contributed by atoms with Gasteiger partial charge in [-0.3, -0.25) is 4.90 Å². The van der Waals surface area contributed by atoms with Crippen LogP contribution in [-0.2, 0) is 0 Å². The van der Waals surface area contributed by atoms with Crippen molar-refractivity contribution in [2.75, 3.05) is 10.2 Å². The number of rotatable bonds is 0. The van der Waals surface area contributed by atoms with Crippen LogP contribution in [0.4, 0.5) is 11.5 Å². The molecule has 0 atom stereocenters. The van der Waals surface area contributed by atoms with Gasteiger partial charge in [0.15, 0.2) is 5.82 Å². The predicted octanol–water partition coefficient (Wildman–Crippen LogP) is 1.63. The molecule has 1 N–H and O–H groups in total. The quantitative estimate of drug-likeness (QED) is 0.665. The molecule has 0 bridgehead atoms. The Morgan fingerprint density at radius 2 is 2.29 bits per heavy atom. The Kier molecular flexibility index (Phi) is 1.41. The Balaban J connectivity index is 2.15. The number of aromatic nitrogens is 2. The Labute approximate surface area is 81.3 Å². The SMILES string of the molecule is C1=CC2=CNc3cncnc3N2C=C1. The van der Waals surface area contributed by atoms with E-state index in [1.54, 1.807) is 12.5 Å². The van der Waals surface area contributed by atoms with E-state index in [-0.39, 0.29) is 0 Å². The molecule has 0 radical (unpaired) electrons. The Bertz CT molecular complexity index is 459. The van der Waals surface area contributed by atoms with Crippen molar-refractivity contribution in [2.24, 2.45) is 0 Å². The molecular weight excluding hydrogens is 176 g/mol. The molecule has 4 nitrogen and oxygen atoms in total. The smallest absolute Gasteiger partial charge is 0.164 e. The molecule has 0 aromatic carbocycles. The highest BCUT2D eigenvalue weighted by molar-refractivity contribution is 5.74. The lowest BCUT2D eigenvalue weighted by Gasteiger charge is -2.28. The minimum atomic E-state index is 0.887. The predicted molar refractivity (Wildman–Crippen MR) is 54.5 cm³/mol. The fourth-order valence-corrected chi connectivity index (χ4v) is 1.54. The van der Waals surface area contributed by atoms with Crippen LogP contribution in [0.25, 0.3) is 0 Å². The van der Waals surface area contributed by atoms with E-state index in [1.807, 2.05) is 35.5 Å². The van der Waals surface area contributed by atoms with Gasteiger partial charge >= 0.3 is 0 Å². The third-order valence-electron chi connectivity index (χ3n) is 2.19. The number of hydrogen-bond acceptors (Lipinski definition) is 4. The van der Waals surface area contributed by atoms with Gasteiger partial charge in [0.25, 0.3) is 0 Å². The second-order valence-electron chi connectivity index (χ2n) is 3.04. The summed E-state index contributed by atoms with van der Waals surface area (Å²) in [5.74, 6) is 0.887. The zero-order valence-electron chi connectivity index (χ0n) is 7.38. The molecule has 2 aliphatic rings. The highest BCUT2D eigenvalue weighted by Crippen LogP contribution is 2.31. The van der Waals surface area contributed by atoms with Gasteiger partial charge in [-0.25, -0.2) is 9.97 Å². The largest absolute Gasteiger partial charge is 0.355 e. The van der Waals surface area contributed by atoms with Crippen molar-refractivity contribution in [3.05, 3.63) is 48.8 Å². The van der Waals surface area contributed by atoms with Gasteiger partial charge in [0.05, 0.1) is 11.9 Å². The zero-order chi connectivity index (χ0) is 9.38. The molecule has 1 aromatic heterocycles. The third-order valence-corrected chi connectivity index (χ3v) is 2.19. The van der Waals surface area contributed by atoms with E-state index >= 15 is 0 Å². The van der Waals surface area contributed by atoms with Gasteiger partial charge in [0, 0.05) is 12.4 Å². The average molecular weight is 184 g/mol. The summed E-state index contributed by atoms with van der Waals surface area (Å²) in [6.07, 6.45) is 13.2. The molecule has 0 aliphatic carbocycles. The van der Waals surface area contributed by atoms with Crippen LogP contribution in [0.15, 0.2) is 48.8 Å². The lowest BCUT2D eigenvalue weighted by Crippen LogP contribution is -2.22. The first-order chi connectivity index (χ1) is 6.95. The summed E-state index contributed by atoms with van der Waals surface area (Å²) in [5, 5.41) is 3.15. The van der Waals surface area contributed by atoms with Gasteiger partial charge in [-0.15, -0.1) is 0 Å². The lowest BCUT2D eigenvalue weighted by atomic mass is 10.2. The second kappa shape index (κ2) is 2.70. The fourth-order valence-electron chi connectivity index (χ4n) is 1.54. The van der Waals surface area contributed by atoms with Gasteiger partial charge in [0.1, 0.15) is 12.0 Å². The van der Waals surface area contributed by atoms with E-state index in [0.29, 0.717) is 0 Å². The Morgan fingerprint density at radius 3 is 3.29 bits per heavy atom. The van der Waals surface area contributed by atoms with Gasteiger partial charge in [-0.1, -0.05) is 6.08 Å². The monoisotopic (exact) mass is 184 g/mol. The summed E-state index contributed by atoms with van der Waals surface area (Å²) in [7, 11) is 0. The summed E-state index contributed by atoms with van der Waals surface area (Å²) >= 11 is 0. The molecule has 4 heteroatoms. The van der Waals surface area contributed by atoms with E-state index in [9.17, 15) is 0 Å². The molecule has 0 saturated carbocycles. The molecule has 68 valence electrons. The normalized spacial score (nSPS) is 16.9. The summed E-state index contributed by atoms with van der Waals surface area (Å²) in [6.45, 7) is 0. The molecule has 0 unspecified atom stereocenters. The number of fused-ring (bicyclic) bond motifs is 3. The van der Waals surface area contributed by atoms with Crippen molar-refractivity contribution in [1.82, 2.24) is 9.97 Å². The highest BCUT2D eigenvalue weighted by atomic mass is 15.2. The molecule has 3 heterocycles. The number of nitrogens with zero attached hydrogens (tertiary/aromatic N) is 3. The van der Waals surface area contributed by atoms with Gasteiger partial charge < -0.3 is 5.32 Å². The van der Waals surface area contributed by atoms with Crippen LogP contribution in [0.1, 0.15) is 0 Å². The van der Waals surface area contributed by atoms with Crippen LogP contribution in [0.5, 0.6) is 0 Å². The molecule has 1 aromatic rings. The summed E-state index contributed by atoms with van der Waals surface area (Å²) in [5.41, 5.74) is 2.01. The number of allylic oxidation sites excluding steroid dienone is 3. The van der Waals surface area contributed by atoms with Crippen LogP contribution in [0.2, 0.25) is 0 Å². The average Bonchev–Trinajstić information content (AvgIpc) is 2.29. The van der Waals surface area contributed by atoms with Crippen molar-refractivity contribution in [1.29, 1.82) is 0 Å². The van der Waals surface area contributed by atoms with E-state index in [0.717, 1.165) is 17.2 Å². The summed E-state index contributed by atoms with van der Waals surface area (Å²) in [6, 6.07) is 0. The van der Waals surface area contributed by atoms with Crippen LogP contribution in [0, 0.1) is 0 Å². The molecule has 0 saturated heterocycles. The maximum Gasteiger partial charge on any atom is 0.164 e. The van der Waals surface area contributed by atoms with Crippen molar-refractivity contribution in [3.63, 3.8) is 0 Å². The summed E-state index contributed by atoms with van der Waals surface area (Å²) in [4.78, 5) is 10.2. The van der Waals surface area contributed by atoms with Crippen molar-refractivity contribution in [2.45, 2.75) is 0 Å². The molecule has 14 heavy (non-hydrogen) atoms. The highest BCUT2D eigenvalue weighted by Gasteiger charge is 2.18.